The van der Waals surface area contributed by atoms with Gasteiger partial charge in [-0.25, -0.2) is 0 Å². The van der Waals surface area contributed by atoms with Crippen molar-refractivity contribution >= 4 is 5.57 Å². The molecule has 0 aromatic heterocycles. The summed E-state index contributed by atoms with van der Waals surface area (Å²) >= 11 is 0. The minimum absolute atomic E-state index is 0.453. The van der Waals surface area contributed by atoms with Gasteiger partial charge in [0.2, 0.25) is 0 Å². The molecule has 0 saturated carbocycles. The molecule has 2 nitrogen and oxygen atoms in total. The first kappa shape index (κ1) is 15.6. The summed E-state index contributed by atoms with van der Waals surface area (Å²) in [6.07, 6.45) is 3.96. The maximum absolute atomic E-state index is 11.3. The molecule has 0 radical (unpaired) electrons. The summed E-state index contributed by atoms with van der Waals surface area (Å²) < 4.78 is 0. The Morgan fingerprint density at radius 1 is 0.958 bits per heavy atom. The highest BCUT2D eigenvalue weighted by atomic mass is 16.3. The van der Waals surface area contributed by atoms with Crippen LogP contribution in [-0.2, 0) is 6.54 Å². The molecule has 4 rings (SSSR count). The molecule has 2 aliphatic heterocycles. The molecule has 0 spiro atoms. The van der Waals surface area contributed by atoms with E-state index in [2.05, 4.69) is 53.9 Å². The quantitative estimate of drug-likeness (QED) is 0.910. The number of benzene rings is 2. The number of hydrogen-bond acceptors (Lipinski definition) is 2. The largest absolute Gasteiger partial charge is 0.385 e. The van der Waals surface area contributed by atoms with Crippen molar-refractivity contribution in [1.82, 2.24) is 4.90 Å². The van der Waals surface area contributed by atoms with Crippen LogP contribution in [0, 0.1) is 0 Å². The van der Waals surface area contributed by atoms with Crippen molar-refractivity contribution in [2.45, 2.75) is 49.9 Å². The van der Waals surface area contributed by atoms with Crippen LogP contribution < -0.4 is 0 Å². The maximum atomic E-state index is 11.3. The van der Waals surface area contributed by atoms with Crippen LogP contribution in [0.4, 0.5) is 0 Å². The highest BCUT2D eigenvalue weighted by Crippen LogP contribution is 2.46. The highest BCUT2D eigenvalue weighted by Gasteiger charge is 2.48. The van der Waals surface area contributed by atoms with Gasteiger partial charge in [-0.15, -0.1) is 0 Å². The van der Waals surface area contributed by atoms with Crippen LogP contribution in [0.1, 0.15) is 36.8 Å². The zero-order valence-corrected chi connectivity index (χ0v) is 14.1. The van der Waals surface area contributed by atoms with Gasteiger partial charge in [-0.1, -0.05) is 67.2 Å². The molecule has 2 bridgehead atoms. The molecular weight excluding hydrogens is 294 g/mol. The number of rotatable bonds is 4. The van der Waals surface area contributed by atoms with Crippen molar-refractivity contribution in [2.24, 2.45) is 0 Å². The number of fused-ring (bicyclic) bond motifs is 2. The van der Waals surface area contributed by atoms with Crippen molar-refractivity contribution in [3.05, 3.63) is 78.4 Å². The van der Waals surface area contributed by atoms with E-state index in [4.69, 9.17) is 0 Å². The van der Waals surface area contributed by atoms with Crippen LogP contribution in [0.5, 0.6) is 0 Å². The number of aliphatic hydroxyl groups is 1. The van der Waals surface area contributed by atoms with Gasteiger partial charge in [0.25, 0.3) is 0 Å². The van der Waals surface area contributed by atoms with Crippen LogP contribution in [0.3, 0.4) is 0 Å². The summed E-state index contributed by atoms with van der Waals surface area (Å²) in [6, 6.07) is 21.7. The molecule has 2 unspecified atom stereocenters. The molecular formula is C22H25NO. The normalized spacial score (nSPS) is 29.5. The van der Waals surface area contributed by atoms with E-state index in [1.165, 1.54) is 18.4 Å². The summed E-state index contributed by atoms with van der Waals surface area (Å²) in [5, 5.41) is 11.3. The predicted octanol–water partition coefficient (Wildman–Crippen LogP) is 4.26. The van der Waals surface area contributed by atoms with Gasteiger partial charge in [-0.05, 0) is 42.4 Å². The molecule has 24 heavy (non-hydrogen) atoms. The highest BCUT2D eigenvalue weighted by molar-refractivity contribution is 5.70. The third kappa shape index (κ3) is 2.81. The maximum Gasteiger partial charge on any atom is 0.0926 e. The number of nitrogens with zero attached hydrogens (tertiary/aromatic N) is 1. The Kier molecular flexibility index (Phi) is 4.03. The molecule has 1 N–H and O–H groups in total. The lowest BCUT2D eigenvalue weighted by atomic mass is 9.78. The summed E-state index contributed by atoms with van der Waals surface area (Å²) in [7, 11) is 0. The first-order valence-corrected chi connectivity index (χ1v) is 8.92. The average molecular weight is 319 g/mol. The van der Waals surface area contributed by atoms with Crippen molar-refractivity contribution in [1.29, 1.82) is 0 Å². The fourth-order valence-electron chi connectivity index (χ4n) is 4.52. The second kappa shape index (κ2) is 6.19. The van der Waals surface area contributed by atoms with Crippen molar-refractivity contribution in [2.75, 3.05) is 0 Å². The van der Waals surface area contributed by atoms with E-state index >= 15 is 0 Å². The molecule has 2 heteroatoms. The Balaban J connectivity index is 1.52. The van der Waals surface area contributed by atoms with E-state index in [0.29, 0.717) is 12.1 Å². The fourth-order valence-corrected chi connectivity index (χ4v) is 4.52. The van der Waals surface area contributed by atoms with Gasteiger partial charge in [0, 0.05) is 18.6 Å². The second-order valence-electron chi connectivity index (χ2n) is 7.33. The molecule has 2 heterocycles. The minimum atomic E-state index is -0.764. The zero-order valence-electron chi connectivity index (χ0n) is 14.1. The molecule has 2 fully saturated rings. The SMILES string of the molecule is C=C(c1ccccc1)C1(O)CC2CCC(C1)N2Cc1ccccc1. The number of piperidine rings is 1. The molecule has 2 aromatic rings. The van der Waals surface area contributed by atoms with Gasteiger partial charge in [-0.2, -0.15) is 0 Å². The summed E-state index contributed by atoms with van der Waals surface area (Å²) in [4.78, 5) is 2.60. The van der Waals surface area contributed by atoms with Gasteiger partial charge in [0.15, 0.2) is 0 Å². The minimum Gasteiger partial charge on any atom is -0.385 e. The molecule has 0 aliphatic carbocycles. The number of hydrogen-bond donors (Lipinski definition) is 1. The van der Waals surface area contributed by atoms with E-state index < -0.39 is 5.60 Å². The van der Waals surface area contributed by atoms with Gasteiger partial charge >= 0.3 is 0 Å². The Labute approximate surface area is 144 Å². The molecule has 2 aliphatic rings. The smallest absolute Gasteiger partial charge is 0.0926 e. The van der Waals surface area contributed by atoms with Crippen molar-refractivity contribution < 1.29 is 5.11 Å². The van der Waals surface area contributed by atoms with Crippen molar-refractivity contribution in [3.8, 4) is 0 Å². The van der Waals surface area contributed by atoms with Crippen molar-refractivity contribution in [3.63, 3.8) is 0 Å². The first-order chi connectivity index (χ1) is 11.7. The van der Waals surface area contributed by atoms with Gasteiger partial charge < -0.3 is 5.11 Å². The molecule has 2 aromatic carbocycles. The van der Waals surface area contributed by atoms with E-state index in [-0.39, 0.29) is 0 Å². The lowest BCUT2D eigenvalue weighted by Crippen LogP contribution is -2.50. The molecule has 124 valence electrons. The van der Waals surface area contributed by atoms with Crippen LogP contribution in [0.25, 0.3) is 5.57 Å². The predicted molar refractivity (Wildman–Crippen MR) is 98.5 cm³/mol. The Hall–Kier alpha value is -1.90. The monoisotopic (exact) mass is 319 g/mol. The van der Waals surface area contributed by atoms with Crippen LogP contribution >= 0.6 is 0 Å². The van der Waals surface area contributed by atoms with Gasteiger partial charge in [0.1, 0.15) is 0 Å². The molecule has 0 amide bonds. The van der Waals surface area contributed by atoms with Crippen LogP contribution in [0.15, 0.2) is 67.2 Å². The molecule has 2 atom stereocenters. The van der Waals surface area contributed by atoms with Gasteiger partial charge in [0.05, 0.1) is 5.60 Å². The summed E-state index contributed by atoms with van der Waals surface area (Å²) in [5.74, 6) is 0. The van der Waals surface area contributed by atoms with E-state index in [9.17, 15) is 5.11 Å². The first-order valence-electron chi connectivity index (χ1n) is 8.92. The Bertz CT molecular complexity index is 695. The topological polar surface area (TPSA) is 23.5 Å². The van der Waals surface area contributed by atoms with E-state index in [1.54, 1.807) is 0 Å². The summed E-state index contributed by atoms with van der Waals surface area (Å²) in [5.41, 5.74) is 2.55. The Morgan fingerprint density at radius 2 is 1.50 bits per heavy atom. The van der Waals surface area contributed by atoms with E-state index in [0.717, 1.165) is 30.5 Å². The average Bonchev–Trinajstić information content (AvgIpc) is 2.86. The lowest BCUT2D eigenvalue weighted by molar-refractivity contribution is -0.0135. The molecule has 2 saturated heterocycles. The van der Waals surface area contributed by atoms with Gasteiger partial charge in [-0.3, -0.25) is 4.90 Å². The third-order valence-corrected chi connectivity index (χ3v) is 5.81. The van der Waals surface area contributed by atoms with Crippen LogP contribution in [0.2, 0.25) is 0 Å². The summed E-state index contributed by atoms with van der Waals surface area (Å²) in [6.45, 7) is 5.25. The zero-order chi connectivity index (χ0) is 16.6. The standard InChI is InChI=1S/C22H25NO/c1-17(19-10-6-3-7-11-19)22(24)14-20-12-13-21(15-22)23(20)16-18-8-4-2-5-9-18/h2-11,20-21,24H,1,12-16H2. The van der Waals surface area contributed by atoms with E-state index in [1.807, 2.05) is 18.2 Å². The Morgan fingerprint density at radius 3 is 2.08 bits per heavy atom. The van der Waals surface area contributed by atoms with Crippen LogP contribution in [-0.4, -0.2) is 27.7 Å². The second-order valence-corrected chi connectivity index (χ2v) is 7.33. The lowest BCUT2D eigenvalue weighted by Gasteiger charge is -2.45. The fraction of sp³-hybridized carbons (Fsp3) is 0.364. The third-order valence-electron chi connectivity index (χ3n) is 5.81.